The van der Waals surface area contributed by atoms with E-state index in [-0.39, 0.29) is 22.8 Å². The van der Waals surface area contributed by atoms with Crippen molar-refractivity contribution in [3.05, 3.63) is 100 Å². The molecule has 0 aliphatic heterocycles. The molecule has 7 heteroatoms. The van der Waals surface area contributed by atoms with Gasteiger partial charge in [0.2, 0.25) is 11.5 Å². The third-order valence-electron chi connectivity index (χ3n) is 5.30. The van der Waals surface area contributed by atoms with Gasteiger partial charge < -0.3 is 9.73 Å². The van der Waals surface area contributed by atoms with E-state index in [0.29, 0.717) is 22.8 Å². The smallest absolute Gasteiger partial charge is 0.298 e. The van der Waals surface area contributed by atoms with Gasteiger partial charge in [0.15, 0.2) is 5.16 Å². The van der Waals surface area contributed by atoms with E-state index in [2.05, 4.69) is 5.32 Å². The van der Waals surface area contributed by atoms with Crippen molar-refractivity contribution >= 4 is 45.4 Å². The monoisotopic (exact) mass is 455 g/mol. The van der Waals surface area contributed by atoms with Gasteiger partial charge in [-0.05, 0) is 36.8 Å². The van der Waals surface area contributed by atoms with Crippen LogP contribution in [0.2, 0.25) is 0 Å². The largest absolute Gasteiger partial charge is 0.448 e. The number of nitrogens with zero attached hydrogens (tertiary/aromatic N) is 2. The molecule has 3 aromatic carbocycles. The van der Waals surface area contributed by atoms with Crippen LogP contribution in [0, 0.1) is 6.92 Å². The van der Waals surface area contributed by atoms with Crippen LogP contribution in [0.4, 0.5) is 5.69 Å². The highest BCUT2D eigenvalue weighted by atomic mass is 32.2. The molecule has 2 aromatic heterocycles. The second-order valence-corrected chi connectivity index (χ2v) is 8.69. The number of nitrogens with one attached hydrogen (secondary N) is 1. The van der Waals surface area contributed by atoms with Crippen molar-refractivity contribution in [2.45, 2.75) is 18.6 Å². The normalized spacial score (nSPS) is 11.2. The van der Waals surface area contributed by atoms with Crippen LogP contribution in [-0.4, -0.2) is 21.2 Å². The van der Waals surface area contributed by atoms with Gasteiger partial charge in [-0.15, -0.1) is 0 Å². The second kappa shape index (κ2) is 8.96. The molecule has 0 saturated carbocycles. The van der Waals surface area contributed by atoms with Gasteiger partial charge in [-0.1, -0.05) is 71.9 Å². The maximum atomic E-state index is 13.4. The van der Waals surface area contributed by atoms with Gasteiger partial charge in [-0.25, -0.2) is 4.98 Å². The molecule has 164 valence electrons. The summed E-state index contributed by atoms with van der Waals surface area (Å²) in [6.45, 7) is 2.33. The number of hydrogen-bond donors (Lipinski definition) is 1. The Labute approximate surface area is 194 Å². The Morgan fingerprint density at radius 2 is 1.73 bits per heavy atom. The van der Waals surface area contributed by atoms with E-state index >= 15 is 0 Å². The lowest BCUT2D eigenvalue weighted by molar-refractivity contribution is -0.113. The summed E-state index contributed by atoms with van der Waals surface area (Å²) in [5.74, 6) is -0.0438. The van der Waals surface area contributed by atoms with Crippen LogP contribution < -0.4 is 10.9 Å². The van der Waals surface area contributed by atoms with Gasteiger partial charge in [0.25, 0.3) is 5.56 Å². The number of hydrogen-bond acceptors (Lipinski definition) is 5. The third-order valence-corrected chi connectivity index (χ3v) is 6.27. The Morgan fingerprint density at radius 3 is 2.52 bits per heavy atom. The van der Waals surface area contributed by atoms with Crippen LogP contribution in [0.25, 0.3) is 22.1 Å². The average Bonchev–Trinajstić information content (AvgIpc) is 3.21. The number of carbonyl (C=O) groups is 1. The number of furan rings is 1. The summed E-state index contributed by atoms with van der Waals surface area (Å²) in [6.07, 6.45) is 0. The van der Waals surface area contributed by atoms with Crippen LogP contribution in [0.5, 0.6) is 0 Å². The lowest BCUT2D eigenvalue weighted by Gasteiger charge is -2.12. The van der Waals surface area contributed by atoms with Gasteiger partial charge in [-0.3, -0.25) is 14.2 Å². The lowest BCUT2D eigenvalue weighted by atomic mass is 10.2. The summed E-state index contributed by atoms with van der Waals surface area (Å²) < 4.78 is 7.42. The minimum atomic E-state index is -0.263. The number of amides is 1. The van der Waals surface area contributed by atoms with Gasteiger partial charge in [-0.2, -0.15) is 0 Å². The van der Waals surface area contributed by atoms with E-state index < -0.39 is 0 Å². The van der Waals surface area contributed by atoms with Crippen LogP contribution in [0.3, 0.4) is 0 Å². The number of carbonyl (C=O) groups excluding carboxylic acids is 1. The molecule has 0 spiro atoms. The fraction of sp³-hybridized carbons (Fsp3) is 0.115. The summed E-state index contributed by atoms with van der Waals surface area (Å²) in [7, 11) is 0. The zero-order chi connectivity index (χ0) is 22.8. The molecule has 1 N–H and O–H groups in total. The number of anilines is 1. The summed E-state index contributed by atoms with van der Waals surface area (Å²) in [4.78, 5) is 30.8. The Morgan fingerprint density at radius 1 is 1.00 bits per heavy atom. The minimum Gasteiger partial charge on any atom is -0.448 e. The SMILES string of the molecule is Cc1ccc(NC(=O)CSc2nc3c(oc4ccccc43)c(=O)n2Cc2ccccc2)cc1. The number of fused-ring (bicyclic) bond motifs is 3. The van der Waals surface area contributed by atoms with Crippen molar-refractivity contribution in [3.63, 3.8) is 0 Å². The molecular formula is C26H21N3O3S. The molecule has 0 aliphatic rings. The Kier molecular flexibility index (Phi) is 5.71. The summed E-state index contributed by atoms with van der Waals surface area (Å²) >= 11 is 1.24. The van der Waals surface area contributed by atoms with Crippen LogP contribution >= 0.6 is 11.8 Å². The second-order valence-electron chi connectivity index (χ2n) is 7.75. The van der Waals surface area contributed by atoms with Gasteiger partial charge in [0, 0.05) is 11.1 Å². The summed E-state index contributed by atoms with van der Waals surface area (Å²) in [6, 6.07) is 24.8. The van der Waals surface area contributed by atoms with E-state index in [1.165, 1.54) is 11.8 Å². The number of aromatic nitrogens is 2. The summed E-state index contributed by atoms with van der Waals surface area (Å²) in [5, 5.41) is 4.15. The molecule has 0 saturated heterocycles. The maximum Gasteiger partial charge on any atom is 0.298 e. The zero-order valence-electron chi connectivity index (χ0n) is 17.9. The molecule has 0 aliphatic carbocycles. The van der Waals surface area contributed by atoms with E-state index in [1.54, 1.807) is 4.57 Å². The Bertz CT molecular complexity index is 1510. The average molecular weight is 456 g/mol. The number of thioether (sulfide) groups is 1. The molecule has 33 heavy (non-hydrogen) atoms. The van der Waals surface area contributed by atoms with E-state index in [1.807, 2.05) is 85.8 Å². The lowest BCUT2D eigenvalue weighted by Crippen LogP contribution is -2.24. The van der Waals surface area contributed by atoms with Crippen LogP contribution in [0.1, 0.15) is 11.1 Å². The first-order chi connectivity index (χ1) is 16.1. The first kappa shape index (κ1) is 21.0. The molecule has 0 bridgehead atoms. The number of benzene rings is 3. The molecule has 0 radical (unpaired) electrons. The fourth-order valence-electron chi connectivity index (χ4n) is 3.63. The van der Waals surface area contributed by atoms with Crippen molar-refractivity contribution in [2.75, 3.05) is 11.1 Å². The van der Waals surface area contributed by atoms with Gasteiger partial charge in [0.05, 0.1) is 12.3 Å². The van der Waals surface area contributed by atoms with Crippen molar-refractivity contribution < 1.29 is 9.21 Å². The Hall–Kier alpha value is -3.84. The topological polar surface area (TPSA) is 77.1 Å². The maximum absolute atomic E-state index is 13.4. The standard InChI is InChI=1S/C26H21N3O3S/c1-17-11-13-19(14-12-17)27-22(30)16-33-26-28-23-20-9-5-6-10-21(20)32-24(23)25(31)29(26)15-18-7-3-2-4-8-18/h2-14H,15-16H2,1H3,(H,27,30). The van der Waals surface area contributed by atoms with Gasteiger partial charge >= 0.3 is 0 Å². The fourth-order valence-corrected chi connectivity index (χ4v) is 4.42. The molecular weight excluding hydrogens is 434 g/mol. The number of aryl methyl sites for hydroxylation is 1. The third kappa shape index (κ3) is 4.40. The highest BCUT2D eigenvalue weighted by Gasteiger charge is 2.19. The van der Waals surface area contributed by atoms with E-state index in [4.69, 9.17) is 9.40 Å². The minimum absolute atomic E-state index is 0.121. The molecule has 1 amide bonds. The first-order valence-corrected chi connectivity index (χ1v) is 11.5. The van der Waals surface area contributed by atoms with Crippen molar-refractivity contribution in [3.8, 4) is 0 Å². The van der Waals surface area contributed by atoms with E-state index in [9.17, 15) is 9.59 Å². The molecule has 0 atom stereocenters. The molecule has 0 fully saturated rings. The molecule has 5 rings (SSSR count). The Balaban J connectivity index is 1.50. The molecule has 5 aromatic rings. The molecule has 2 heterocycles. The molecule has 6 nitrogen and oxygen atoms in total. The van der Waals surface area contributed by atoms with Crippen molar-refractivity contribution in [2.24, 2.45) is 0 Å². The zero-order valence-corrected chi connectivity index (χ0v) is 18.8. The number of para-hydroxylation sites is 1. The van der Waals surface area contributed by atoms with Crippen LogP contribution in [0.15, 0.2) is 93.2 Å². The van der Waals surface area contributed by atoms with Crippen molar-refractivity contribution in [1.82, 2.24) is 9.55 Å². The first-order valence-electron chi connectivity index (χ1n) is 10.5. The quantitative estimate of drug-likeness (QED) is 0.280. The predicted octanol–water partition coefficient (Wildman–Crippen LogP) is 5.23. The predicted molar refractivity (Wildman–Crippen MR) is 132 cm³/mol. The van der Waals surface area contributed by atoms with Gasteiger partial charge in [0.1, 0.15) is 11.1 Å². The van der Waals surface area contributed by atoms with Crippen molar-refractivity contribution in [1.29, 1.82) is 0 Å². The highest BCUT2D eigenvalue weighted by Crippen LogP contribution is 2.27. The van der Waals surface area contributed by atoms with Crippen LogP contribution in [-0.2, 0) is 11.3 Å². The molecule has 0 unspecified atom stereocenters. The highest BCUT2D eigenvalue weighted by molar-refractivity contribution is 7.99. The summed E-state index contributed by atoms with van der Waals surface area (Å²) in [5.41, 5.74) is 3.91. The number of rotatable bonds is 6. The van der Waals surface area contributed by atoms with E-state index in [0.717, 1.165) is 22.2 Å².